The summed E-state index contributed by atoms with van der Waals surface area (Å²) in [7, 11) is 0. The summed E-state index contributed by atoms with van der Waals surface area (Å²) in [6, 6.07) is 5.32. The molecule has 14 heavy (non-hydrogen) atoms. The molecule has 1 rings (SSSR count). The highest BCUT2D eigenvalue weighted by atomic mass is 16.3. The lowest BCUT2D eigenvalue weighted by Crippen LogP contribution is -2.27. The maximum atomic E-state index is 9.27. The second-order valence-corrected chi connectivity index (χ2v) is 3.49. The van der Waals surface area contributed by atoms with Crippen LogP contribution in [-0.4, -0.2) is 22.8 Å². The second kappa shape index (κ2) is 4.86. The van der Waals surface area contributed by atoms with Crippen LogP contribution in [0.5, 0.6) is 11.5 Å². The fourth-order valence-corrected chi connectivity index (χ4v) is 1.47. The van der Waals surface area contributed by atoms with Gasteiger partial charge in [0, 0.05) is 6.04 Å². The van der Waals surface area contributed by atoms with Gasteiger partial charge in [-0.1, -0.05) is 13.0 Å². The molecule has 0 saturated heterocycles. The summed E-state index contributed by atoms with van der Waals surface area (Å²) in [6.07, 6.45) is 0.849. The Morgan fingerprint density at radius 2 is 2.00 bits per heavy atom. The van der Waals surface area contributed by atoms with Crippen LogP contribution in [-0.2, 0) is 6.42 Å². The molecule has 0 aliphatic carbocycles. The molecular weight excluding hydrogens is 178 g/mol. The highest BCUT2D eigenvalue weighted by Gasteiger charge is 2.04. The summed E-state index contributed by atoms with van der Waals surface area (Å²) < 4.78 is 0. The Morgan fingerprint density at radius 1 is 1.29 bits per heavy atom. The first-order valence-electron chi connectivity index (χ1n) is 4.87. The van der Waals surface area contributed by atoms with E-state index >= 15 is 0 Å². The Bertz CT molecular complexity index is 299. The Balaban J connectivity index is 2.63. The van der Waals surface area contributed by atoms with Gasteiger partial charge in [-0.15, -0.1) is 0 Å². The van der Waals surface area contributed by atoms with Crippen molar-refractivity contribution < 1.29 is 10.2 Å². The van der Waals surface area contributed by atoms with Crippen LogP contribution in [0.25, 0.3) is 0 Å². The van der Waals surface area contributed by atoms with Crippen molar-refractivity contribution in [1.29, 1.82) is 0 Å². The van der Waals surface area contributed by atoms with Crippen molar-refractivity contribution in [2.45, 2.75) is 26.3 Å². The lowest BCUT2D eigenvalue weighted by atomic mass is 10.1. The SMILES string of the molecule is CCNC(C)Cc1ccc(O)c(O)c1. The zero-order chi connectivity index (χ0) is 10.6. The highest BCUT2D eigenvalue weighted by Crippen LogP contribution is 2.25. The Hall–Kier alpha value is -1.22. The van der Waals surface area contributed by atoms with Crippen molar-refractivity contribution in [3.05, 3.63) is 23.8 Å². The smallest absolute Gasteiger partial charge is 0.157 e. The van der Waals surface area contributed by atoms with Crippen LogP contribution in [0.1, 0.15) is 19.4 Å². The minimum atomic E-state index is -0.0650. The third kappa shape index (κ3) is 2.92. The van der Waals surface area contributed by atoms with Crippen LogP contribution in [0, 0.1) is 0 Å². The number of rotatable bonds is 4. The van der Waals surface area contributed by atoms with Gasteiger partial charge in [-0.05, 0) is 37.6 Å². The van der Waals surface area contributed by atoms with E-state index in [1.807, 2.05) is 6.07 Å². The molecule has 1 atom stereocenters. The average Bonchev–Trinajstić information content (AvgIpc) is 2.12. The zero-order valence-electron chi connectivity index (χ0n) is 8.62. The number of aromatic hydroxyl groups is 2. The second-order valence-electron chi connectivity index (χ2n) is 3.49. The number of benzene rings is 1. The molecule has 3 nitrogen and oxygen atoms in total. The van der Waals surface area contributed by atoms with Gasteiger partial charge in [0.05, 0.1) is 0 Å². The van der Waals surface area contributed by atoms with Crippen molar-refractivity contribution in [2.24, 2.45) is 0 Å². The first-order chi connectivity index (χ1) is 6.63. The molecule has 0 amide bonds. The Kier molecular flexibility index (Phi) is 3.77. The molecule has 0 fully saturated rings. The summed E-state index contributed by atoms with van der Waals surface area (Å²) in [5, 5.41) is 21.7. The van der Waals surface area contributed by atoms with Crippen LogP contribution in [0.3, 0.4) is 0 Å². The van der Waals surface area contributed by atoms with Gasteiger partial charge in [0.25, 0.3) is 0 Å². The minimum absolute atomic E-state index is 0.0498. The first kappa shape index (κ1) is 10.9. The van der Waals surface area contributed by atoms with Gasteiger partial charge in [-0.25, -0.2) is 0 Å². The predicted octanol–water partition coefficient (Wildman–Crippen LogP) is 1.64. The van der Waals surface area contributed by atoms with Crippen molar-refractivity contribution >= 4 is 0 Å². The van der Waals surface area contributed by atoms with E-state index in [1.165, 1.54) is 6.07 Å². The van der Waals surface area contributed by atoms with Crippen LogP contribution in [0.15, 0.2) is 18.2 Å². The fraction of sp³-hybridized carbons (Fsp3) is 0.455. The van der Waals surface area contributed by atoms with Crippen LogP contribution in [0.4, 0.5) is 0 Å². The lowest BCUT2D eigenvalue weighted by molar-refractivity contribution is 0.402. The minimum Gasteiger partial charge on any atom is -0.504 e. The van der Waals surface area contributed by atoms with Crippen molar-refractivity contribution in [3.63, 3.8) is 0 Å². The Morgan fingerprint density at radius 3 is 2.57 bits per heavy atom. The van der Waals surface area contributed by atoms with Gasteiger partial charge in [-0.2, -0.15) is 0 Å². The number of likely N-dealkylation sites (N-methyl/N-ethyl adjacent to an activating group) is 1. The topological polar surface area (TPSA) is 52.5 Å². The van der Waals surface area contributed by atoms with Gasteiger partial charge in [0.2, 0.25) is 0 Å². The number of phenols is 2. The maximum absolute atomic E-state index is 9.27. The van der Waals surface area contributed by atoms with E-state index in [4.69, 9.17) is 5.11 Å². The van der Waals surface area contributed by atoms with E-state index in [9.17, 15) is 5.11 Å². The van der Waals surface area contributed by atoms with E-state index in [0.29, 0.717) is 6.04 Å². The van der Waals surface area contributed by atoms with Gasteiger partial charge < -0.3 is 15.5 Å². The van der Waals surface area contributed by atoms with Gasteiger partial charge >= 0.3 is 0 Å². The highest BCUT2D eigenvalue weighted by molar-refractivity contribution is 5.40. The molecule has 0 saturated carbocycles. The van der Waals surface area contributed by atoms with Gasteiger partial charge in [-0.3, -0.25) is 0 Å². The molecule has 0 aliphatic rings. The van der Waals surface area contributed by atoms with Crippen LogP contribution < -0.4 is 5.32 Å². The molecule has 78 valence electrons. The average molecular weight is 195 g/mol. The summed E-state index contributed by atoms with van der Waals surface area (Å²) in [4.78, 5) is 0. The monoisotopic (exact) mass is 195 g/mol. The molecule has 0 bridgehead atoms. The summed E-state index contributed by atoms with van der Waals surface area (Å²) in [6.45, 7) is 5.09. The van der Waals surface area contributed by atoms with Gasteiger partial charge in [0.1, 0.15) is 0 Å². The number of nitrogens with one attached hydrogen (secondary N) is 1. The molecule has 3 N–H and O–H groups in total. The maximum Gasteiger partial charge on any atom is 0.157 e. The molecule has 1 unspecified atom stereocenters. The summed E-state index contributed by atoms with van der Waals surface area (Å²) in [5.74, 6) is -0.115. The summed E-state index contributed by atoms with van der Waals surface area (Å²) in [5.41, 5.74) is 1.02. The number of hydrogen-bond donors (Lipinski definition) is 3. The van der Waals surface area contributed by atoms with Crippen molar-refractivity contribution in [1.82, 2.24) is 5.32 Å². The zero-order valence-corrected chi connectivity index (χ0v) is 8.62. The van der Waals surface area contributed by atoms with E-state index in [-0.39, 0.29) is 11.5 Å². The standard InChI is InChI=1S/C11H17NO2/c1-3-12-8(2)6-9-4-5-10(13)11(14)7-9/h4-5,7-8,12-14H,3,6H2,1-2H3. The summed E-state index contributed by atoms with van der Waals surface area (Å²) >= 11 is 0. The third-order valence-electron chi connectivity index (χ3n) is 2.13. The molecule has 1 aromatic rings. The van der Waals surface area contributed by atoms with Crippen LogP contribution >= 0.6 is 0 Å². The van der Waals surface area contributed by atoms with Crippen molar-refractivity contribution in [3.8, 4) is 11.5 Å². The van der Waals surface area contributed by atoms with Crippen LogP contribution in [0.2, 0.25) is 0 Å². The molecule has 0 aliphatic heterocycles. The van der Waals surface area contributed by atoms with E-state index < -0.39 is 0 Å². The third-order valence-corrected chi connectivity index (χ3v) is 2.13. The fourth-order valence-electron chi connectivity index (χ4n) is 1.47. The lowest BCUT2D eigenvalue weighted by Gasteiger charge is -2.12. The quantitative estimate of drug-likeness (QED) is 0.640. The predicted molar refractivity (Wildman–Crippen MR) is 56.6 cm³/mol. The van der Waals surface area contributed by atoms with Gasteiger partial charge in [0.15, 0.2) is 11.5 Å². The molecule has 0 radical (unpaired) electrons. The normalized spacial score (nSPS) is 12.7. The molecular formula is C11H17NO2. The Labute approximate surface area is 84.4 Å². The van der Waals surface area contributed by atoms with E-state index in [0.717, 1.165) is 18.5 Å². The molecule has 1 aromatic carbocycles. The number of phenolic OH excluding ortho intramolecular Hbond substituents is 2. The molecule has 3 heteroatoms. The van der Waals surface area contributed by atoms with E-state index in [2.05, 4.69) is 19.2 Å². The molecule has 0 aromatic heterocycles. The van der Waals surface area contributed by atoms with E-state index in [1.54, 1.807) is 6.07 Å². The van der Waals surface area contributed by atoms with Crippen molar-refractivity contribution in [2.75, 3.05) is 6.54 Å². The number of hydrogen-bond acceptors (Lipinski definition) is 3. The molecule has 0 spiro atoms. The first-order valence-corrected chi connectivity index (χ1v) is 4.87. The largest absolute Gasteiger partial charge is 0.504 e. The molecule has 0 heterocycles.